The number of hydrogen-bond acceptors (Lipinski definition) is 5. The number of aromatic nitrogens is 2. The first-order chi connectivity index (χ1) is 10.9. The van der Waals surface area contributed by atoms with Crippen molar-refractivity contribution in [1.29, 1.82) is 0 Å². The van der Waals surface area contributed by atoms with Crippen molar-refractivity contribution in [2.75, 3.05) is 18.1 Å². The molecule has 0 spiro atoms. The Balaban J connectivity index is 1.83. The van der Waals surface area contributed by atoms with E-state index in [0.717, 1.165) is 24.1 Å². The molecule has 1 aromatic carbocycles. The molecule has 8 heteroatoms. The van der Waals surface area contributed by atoms with E-state index in [4.69, 9.17) is 4.52 Å². The fourth-order valence-corrected chi connectivity index (χ4v) is 3.80. The molecule has 2 heterocycles. The van der Waals surface area contributed by atoms with Crippen LogP contribution >= 0.6 is 11.8 Å². The van der Waals surface area contributed by atoms with E-state index in [9.17, 15) is 13.2 Å². The van der Waals surface area contributed by atoms with Crippen LogP contribution in [0.2, 0.25) is 0 Å². The molecular weight excluding hydrogens is 327 g/mol. The van der Waals surface area contributed by atoms with Gasteiger partial charge in [-0.05, 0) is 17.7 Å². The van der Waals surface area contributed by atoms with Crippen molar-refractivity contribution in [3.8, 4) is 0 Å². The third-order valence-electron chi connectivity index (χ3n) is 3.75. The summed E-state index contributed by atoms with van der Waals surface area (Å²) in [5.74, 6) is 2.73. The van der Waals surface area contributed by atoms with Gasteiger partial charge in [-0.1, -0.05) is 17.3 Å². The van der Waals surface area contributed by atoms with Crippen molar-refractivity contribution in [3.63, 3.8) is 0 Å². The van der Waals surface area contributed by atoms with Gasteiger partial charge in [-0.2, -0.15) is 29.9 Å². The van der Waals surface area contributed by atoms with Crippen LogP contribution in [0, 0.1) is 6.92 Å². The van der Waals surface area contributed by atoms with Gasteiger partial charge in [0.1, 0.15) is 0 Å². The van der Waals surface area contributed by atoms with Crippen LogP contribution in [0.3, 0.4) is 0 Å². The van der Waals surface area contributed by atoms with Crippen LogP contribution in [0.4, 0.5) is 13.2 Å². The molecule has 1 aliphatic rings. The minimum Gasteiger partial charge on any atom is -0.340 e. The van der Waals surface area contributed by atoms with Gasteiger partial charge in [-0.3, -0.25) is 4.90 Å². The fourth-order valence-electron chi connectivity index (χ4n) is 2.64. The molecule has 0 amide bonds. The second kappa shape index (κ2) is 6.52. The predicted molar refractivity (Wildman–Crippen MR) is 81.0 cm³/mol. The predicted octanol–water partition coefficient (Wildman–Crippen LogP) is 3.69. The highest BCUT2D eigenvalue weighted by molar-refractivity contribution is 7.99. The zero-order valence-corrected chi connectivity index (χ0v) is 13.3. The molecule has 0 unspecified atom stereocenters. The standard InChI is InChI=1S/C15H16F3N3OS/c1-10-19-14(20-22-10)8-21-5-6-23-9-13(21)11-3-2-4-12(7-11)15(16,17)18/h2-4,7,13H,5-6,8-9H2,1H3/t13-/m1/s1. The van der Waals surface area contributed by atoms with E-state index in [0.29, 0.717) is 23.8 Å². The maximum absolute atomic E-state index is 12.9. The molecule has 1 atom stereocenters. The second-order valence-corrected chi connectivity index (χ2v) is 6.56. The molecule has 1 aromatic heterocycles. The van der Waals surface area contributed by atoms with Gasteiger partial charge in [0.05, 0.1) is 12.1 Å². The Morgan fingerprint density at radius 2 is 2.22 bits per heavy atom. The lowest BCUT2D eigenvalue weighted by Gasteiger charge is -2.35. The molecular formula is C15H16F3N3OS. The number of thioether (sulfide) groups is 1. The minimum atomic E-state index is -4.33. The Bertz CT molecular complexity index is 674. The number of hydrogen-bond donors (Lipinski definition) is 0. The van der Waals surface area contributed by atoms with E-state index in [1.54, 1.807) is 24.8 Å². The van der Waals surface area contributed by atoms with Crippen molar-refractivity contribution >= 4 is 11.8 Å². The highest BCUT2D eigenvalue weighted by Crippen LogP contribution is 2.35. The Morgan fingerprint density at radius 1 is 1.39 bits per heavy atom. The average molecular weight is 343 g/mol. The lowest BCUT2D eigenvalue weighted by molar-refractivity contribution is -0.137. The largest absolute Gasteiger partial charge is 0.416 e. The Morgan fingerprint density at radius 3 is 2.91 bits per heavy atom. The fraction of sp³-hybridized carbons (Fsp3) is 0.467. The quantitative estimate of drug-likeness (QED) is 0.850. The maximum Gasteiger partial charge on any atom is 0.416 e. The van der Waals surface area contributed by atoms with Crippen LogP contribution in [0.5, 0.6) is 0 Å². The summed E-state index contributed by atoms with van der Waals surface area (Å²) in [6.45, 7) is 2.96. The zero-order chi connectivity index (χ0) is 16.4. The van der Waals surface area contributed by atoms with Crippen LogP contribution < -0.4 is 0 Å². The van der Waals surface area contributed by atoms with Crippen LogP contribution in [-0.2, 0) is 12.7 Å². The maximum atomic E-state index is 12.9. The van der Waals surface area contributed by atoms with Crippen molar-refractivity contribution in [2.45, 2.75) is 25.7 Å². The van der Waals surface area contributed by atoms with E-state index in [2.05, 4.69) is 15.0 Å². The van der Waals surface area contributed by atoms with Gasteiger partial charge >= 0.3 is 6.18 Å². The summed E-state index contributed by atoms with van der Waals surface area (Å²) < 4.78 is 43.8. The first kappa shape index (κ1) is 16.3. The molecule has 1 fully saturated rings. The van der Waals surface area contributed by atoms with Crippen LogP contribution in [0.15, 0.2) is 28.8 Å². The lowest BCUT2D eigenvalue weighted by atomic mass is 10.0. The second-order valence-electron chi connectivity index (χ2n) is 5.41. The summed E-state index contributed by atoms with van der Waals surface area (Å²) in [5, 5.41) is 3.88. The first-order valence-corrected chi connectivity index (χ1v) is 8.37. The average Bonchev–Trinajstić information content (AvgIpc) is 2.92. The zero-order valence-electron chi connectivity index (χ0n) is 12.5. The third-order valence-corrected chi connectivity index (χ3v) is 4.77. The number of aryl methyl sites for hydroxylation is 1. The summed E-state index contributed by atoms with van der Waals surface area (Å²) in [6.07, 6.45) is -4.33. The summed E-state index contributed by atoms with van der Waals surface area (Å²) in [6, 6.07) is 5.47. The van der Waals surface area contributed by atoms with Crippen molar-refractivity contribution in [1.82, 2.24) is 15.0 Å². The molecule has 0 radical (unpaired) electrons. The van der Waals surface area contributed by atoms with Gasteiger partial charge in [-0.15, -0.1) is 0 Å². The molecule has 0 N–H and O–H groups in total. The molecule has 124 valence electrons. The van der Waals surface area contributed by atoms with E-state index in [1.165, 1.54) is 12.1 Å². The summed E-state index contributed by atoms with van der Waals surface area (Å²) in [7, 11) is 0. The van der Waals surface area contributed by atoms with Crippen LogP contribution in [0.1, 0.15) is 28.9 Å². The SMILES string of the molecule is Cc1nc(CN2CCSC[C@@H]2c2cccc(C(F)(F)F)c2)no1. The lowest BCUT2D eigenvalue weighted by Crippen LogP contribution is -2.36. The Hall–Kier alpha value is -1.54. The van der Waals surface area contributed by atoms with E-state index in [-0.39, 0.29) is 6.04 Å². The molecule has 0 aliphatic carbocycles. The highest BCUT2D eigenvalue weighted by atomic mass is 32.2. The number of halogens is 3. The number of benzene rings is 1. The van der Waals surface area contributed by atoms with Gasteiger partial charge in [0.2, 0.25) is 5.89 Å². The normalized spacial score (nSPS) is 19.9. The first-order valence-electron chi connectivity index (χ1n) is 7.21. The van der Waals surface area contributed by atoms with E-state index in [1.807, 2.05) is 0 Å². The van der Waals surface area contributed by atoms with Gasteiger partial charge < -0.3 is 4.52 Å². The van der Waals surface area contributed by atoms with Gasteiger partial charge in [0, 0.05) is 31.0 Å². The number of nitrogens with zero attached hydrogens (tertiary/aromatic N) is 3. The van der Waals surface area contributed by atoms with E-state index >= 15 is 0 Å². The topological polar surface area (TPSA) is 42.2 Å². The molecule has 0 saturated carbocycles. The number of alkyl halides is 3. The summed E-state index contributed by atoms with van der Waals surface area (Å²) in [5.41, 5.74) is 0.0631. The van der Waals surface area contributed by atoms with Crippen LogP contribution in [-0.4, -0.2) is 33.1 Å². The molecule has 0 bridgehead atoms. The summed E-state index contributed by atoms with van der Waals surface area (Å²) >= 11 is 1.74. The van der Waals surface area contributed by atoms with Crippen LogP contribution in [0.25, 0.3) is 0 Å². The Kier molecular flexibility index (Phi) is 4.63. The molecule has 23 heavy (non-hydrogen) atoms. The minimum absolute atomic E-state index is 0.0881. The monoisotopic (exact) mass is 343 g/mol. The number of rotatable bonds is 3. The van der Waals surface area contributed by atoms with Crippen molar-refractivity contribution in [3.05, 3.63) is 47.1 Å². The van der Waals surface area contributed by atoms with Crippen molar-refractivity contribution in [2.24, 2.45) is 0 Å². The van der Waals surface area contributed by atoms with E-state index < -0.39 is 11.7 Å². The smallest absolute Gasteiger partial charge is 0.340 e. The van der Waals surface area contributed by atoms with Gasteiger partial charge in [0.25, 0.3) is 0 Å². The molecule has 4 nitrogen and oxygen atoms in total. The van der Waals surface area contributed by atoms with Crippen molar-refractivity contribution < 1.29 is 17.7 Å². The molecule has 3 rings (SSSR count). The molecule has 2 aromatic rings. The van der Waals surface area contributed by atoms with Gasteiger partial charge in [-0.25, -0.2) is 0 Å². The molecule has 1 saturated heterocycles. The summed E-state index contributed by atoms with van der Waals surface area (Å²) in [4.78, 5) is 6.29. The molecule has 1 aliphatic heterocycles. The third kappa shape index (κ3) is 3.87. The Labute approximate surface area is 136 Å². The highest BCUT2D eigenvalue weighted by Gasteiger charge is 2.32. The van der Waals surface area contributed by atoms with Gasteiger partial charge in [0.15, 0.2) is 5.82 Å².